The van der Waals surface area contributed by atoms with Gasteiger partial charge < -0.3 is 14.6 Å². The standard InChI is InChI=1S/C30H26N4O2/c1-19-28(33-27-7-3-6-26(32-27)25-5-4-18-31-30(25)35-2)29(36-34-19)24-16-14-23(15-17-24)22-12-10-21(11-13-22)20-8-9-20/h3-7,10-18,20H,8-9H2,1-2H3,(H,32,33). The summed E-state index contributed by atoms with van der Waals surface area (Å²) in [4.78, 5) is 9.06. The van der Waals surface area contributed by atoms with Crippen LogP contribution in [0.3, 0.4) is 0 Å². The Balaban J connectivity index is 1.26. The van der Waals surface area contributed by atoms with Crippen LogP contribution in [-0.4, -0.2) is 22.2 Å². The van der Waals surface area contributed by atoms with Gasteiger partial charge in [-0.25, -0.2) is 9.97 Å². The van der Waals surface area contributed by atoms with E-state index >= 15 is 0 Å². The van der Waals surface area contributed by atoms with E-state index in [2.05, 4.69) is 64.0 Å². The molecule has 2 aromatic carbocycles. The summed E-state index contributed by atoms with van der Waals surface area (Å²) in [6, 6.07) is 26.9. The van der Waals surface area contributed by atoms with Crippen LogP contribution in [0.25, 0.3) is 33.7 Å². The van der Waals surface area contributed by atoms with Crippen molar-refractivity contribution in [3.05, 3.63) is 96.3 Å². The number of aryl methyl sites for hydroxylation is 1. The molecule has 1 aliphatic rings. The van der Waals surface area contributed by atoms with Gasteiger partial charge in [-0.1, -0.05) is 59.8 Å². The molecule has 6 rings (SSSR count). The fourth-order valence-electron chi connectivity index (χ4n) is 4.42. The smallest absolute Gasteiger partial charge is 0.222 e. The van der Waals surface area contributed by atoms with Gasteiger partial charge in [0, 0.05) is 11.8 Å². The van der Waals surface area contributed by atoms with E-state index < -0.39 is 0 Å². The Morgan fingerprint density at radius 2 is 1.58 bits per heavy atom. The molecule has 36 heavy (non-hydrogen) atoms. The molecule has 0 saturated heterocycles. The number of aromatic nitrogens is 3. The van der Waals surface area contributed by atoms with E-state index in [0.29, 0.717) is 17.5 Å². The highest BCUT2D eigenvalue weighted by Gasteiger charge is 2.23. The highest BCUT2D eigenvalue weighted by Crippen LogP contribution is 2.40. The van der Waals surface area contributed by atoms with E-state index in [9.17, 15) is 0 Å². The van der Waals surface area contributed by atoms with Gasteiger partial charge in [-0.2, -0.15) is 0 Å². The van der Waals surface area contributed by atoms with Crippen LogP contribution in [0, 0.1) is 6.92 Å². The van der Waals surface area contributed by atoms with E-state index in [1.54, 1.807) is 13.3 Å². The normalized spacial score (nSPS) is 12.9. The summed E-state index contributed by atoms with van der Waals surface area (Å²) in [5, 5.41) is 7.62. The van der Waals surface area contributed by atoms with E-state index in [-0.39, 0.29) is 0 Å². The molecule has 0 bridgehead atoms. The van der Waals surface area contributed by atoms with Crippen molar-refractivity contribution in [3.8, 4) is 39.6 Å². The van der Waals surface area contributed by atoms with Crippen molar-refractivity contribution in [1.29, 1.82) is 0 Å². The molecule has 0 atom stereocenters. The predicted octanol–water partition coefficient (Wildman–Crippen LogP) is 7.40. The maximum atomic E-state index is 5.73. The highest BCUT2D eigenvalue weighted by atomic mass is 16.5. The van der Waals surface area contributed by atoms with Gasteiger partial charge in [0.1, 0.15) is 17.2 Å². The van der Waals surface area contributed by atoms with E-state index in [1.807, 2.05) is 37.3 Å². The fraction of sp³-hybridized carbons (Fsp3) is 0.167. The molecule has 1 N–H and O–H groups in total. The lowest BCUT2D eigenvalue weighted by molar-refractivity contribution is 0.399. The van der Waals surface area contributed by atoms with Gasteiger partial charge in [0.25, 0.3) is 0 Å². The van der Waals surface area contributed by atoms with Crippen LogP contribution in [0.2, 0.25) is 0 Å². The molecule has 6 heteroatoms. The second kappa shape index (κ2) is 9.30. The summed E-state index contributed by atoms with van der Waals surface area (Å²) >= 11 is 0. The number of nitrogens with zero attached hydrogens (tertiary/aromatic N) is 3. The molecule has 1 aliphatic carbocycles. The molecule has 0 amide bonds. The number of hydrogen-bond donors (Lipinski definition) is 1. The van der Waals surface area contributed by atoms with Crippen LogP contribution in [0.5, 0.6) is 5.88 Å². The van der Waals surface area contributed by atoms with Crippen LogP contribution >= 0.6 is 0 Å². The van der Waals surface area contributed by atoms with Gasteiger partial charge in [-0.3, -0.25) is 0 Å². The SMILES string of the molecule is COc1ncccc1-c1cccc(Nc2c(C)noc2-c2ccc(-c3ccc(C4CC4)cc3)cc2)n1. The number of ether oxygens (including phenoxy) is 1. The second-order valence-corrected chi connectivity index (χ2v) is 9.04. The van der Waals surface area contributed by atoms with Crippen LogP contribution < -0.4 is 10.1 Å². The van der Waals surface area contributed by atoms with Crippen LogP contribution in [0.15, 0.2) is 89.6 Å². The first-order chi connectivity index (χ1) is 17.7. The van der Waals surface area contributed by atoms with Crippen molar-refractivity contribution >= 4 is 11.5 Å². The lowest BCUT2D eigenvalue weighted by atomic mass is 10.0. The Morgan fingerprint density at radius 1 is 0.861 bits per heavy atom. The Morgan fingerprint density at radius 3 is 2.31 bits per heavy atom. The molecular formula is C30H26N4O2. The topological polar surface area (TPSA) is 73.1 Å². The minimum absolute atomic E-state index is 0.534. The summed E-state index contributed by atoms with van der Waals surface area (Å²) in [6.45, 7) is 1.92. The third-order valence-corrected chi connectivity index (χ3v) is 6.55. The molecule has 1 saturated carbocycles. The van der Waals surface area contributed by atoms with Gasteiger partial charge in [0.15, 0.2) is 5.76 Å². The van der Waals surface area contributed by atoms with Gasteiger partial charge in [-0.15, -0.1) is 0 Å². The molecule has 3 aromatic heterocycles. The molecule has 3 heterocycles. The average Bonchev–Trinajstić information content (AvgIpc) is 3.73. The van der Waals surface area contributed by atoms with Crippen LogP contribution in [0.4, 0.5) is 11.5 Å². The van der Waals surface area contributed by atoms with Gasteiger partial charge in [-0.05, 0) is 66.6 Å². The zero-order valence-corrected chi connectivity index (χ0v) is 20.2. The first-order valence-corrected chi connectivity index (χ1v) is 12.1. The molecule has 0 unspecified atom stereocenters. The van der Waals surface area contributed by atoms with E-state index in [4.69, 9.17) is 14.2 Å². The Bertz CT molecular complexity index is 1500. The lowest BCUT2D eigenvalue weighted by Crippen LogP contribution is -1.98. The second-order valence-electron chi connectivity index (χ2n) is 9.04. The van der Waals surface area contributed by atoms with Gasteiger partial charge in [0.2, 0.25) is 5.88 Å². The average molecular weight is 475 g/mol. The maximum Gasteiger partial charge on any atom is 0.222 e. The summed E-state index contributed by atoms with van der Waals surface area (Å²) in [5.41, 5.74) is 7.92. The number of nitrogens with one attached hydrogen (secondary N) is 1. The molecule has 5 aromatic rings. The Hall–Kier alpha value is -4.45. The van der Waals surface area contributed by atoms with Crippen molar-refractivity contribution < 1.29 is 9.26 Å². The maximum absolute atomic E-state index is 5.73. The fourth-order valence-corrected chi connectivity index (χ4v) is 4.42. The zero-order chi connectivity index (χ0) is 24.5. The molecule has 1 fully saturated rings. The molecule has 178 valence electrons. The van der Waals surface area contributed by atoms with Crippen molar-refractivity contribution in [2.24, 2.45) is 0 Å². The van der Waals surface area contributed by atoms with E-state index in [0.717, 1.165) is 34.1 Å². The van der Waals surface area contributed by atoms with Gasteiger partial charge >= 0.3 is 0 Å². The quantitative estimate of drug-likeness (QED) is 0.265. The number of hydrogen-bond acceptors (Lipinski definition) is 6. The van der Waals surface area contributed by atoms with E-state index in [1.165, 1.54) is 29.5 Å². The first-order valence-electron chi connectivity index (χ1n) is 12.1. The summed E-state index contributed by atoms with van der Waals surface area (Å²) < 4.78 is 11.1. The number of methoxy groups -OCH3 is 1. The van der Waals surface area contributed by atoms with Crippen molar-refractivity contribution in [2.75, 3.05) is 12.4 Å². The third kappa shape index (κ3) is 4.33. The number of benzene rings is 2. The Labute approximate surface area is 210 Å². The van der Waals surface area contributed by atoms with Gasteiger partial charge in [0.05, 0.1) is 18.4 Å². The number of rotatable bonds is 7. The molecular weight excluding hydrogens is 448 g/mol. The lowest BCUT2D eigenvalue weighted by Gasteiger charge is -2.10. The third-order valence-electron chi connectivity index (χ3n) is 6.55. The summed E-state index contributed by atoms with van der Waals surface area (Å²) in [5.74, 6) is 2.66. The first kappa shape index (κ1) is 22.0. The van der Waals surface area contributed by atoms with Crippen molar-refractivity contribution in [1.82, 2.24) is 15.1 Å². The largest absolute Gasteiger partial charge is 0.481 e. The summed E-state index contributed by atoms with van der Waals surface area (Å²) in [6.07, 6.45) is 4.34. The highest BCUT2D eigenvalue weighted by molar-refractivity contribution is 5.79. The van der Waals surface area contributed by atoms with Crippen LogP contribution in [-0.2, 0) is 0 Å². The molecule has 6 nitrogen and oxygen atoms in total. The number of anilines is 2. The molecule has 0 aliphatic heterocycles. The zero-order valence-electron chi connectivity index (χ0n) is 20.2. The molecule has 0 spiro atoms. The predicted molar refractivity (Wildman–Crippen MR) is 141 cm³/mol. The molecule has 0 radical (unpaired) electrons. The summed E-state index contributed by atoms with van der Waals surface area (Å²) in [7, 11) is 1.61. The van der Waals surface area contributed by atoms with Crippen LogP contribution in [0.1, 0.15) is 30.0 Å². The monoisotopic (exact) mass is 474 g/mol. The number of pyridine rings is 2. The minimum atomic E-state index is 0.534. The minimum Gasteiger partial charge on any atom is -0.481 e. The van der Waals surface area contributed by atoms with Crippen molar-refractivity contribution in [3.63, 3.8) is 0 Å². The van der Waals surface area contributed by atoms with Crippen molar-refractivity contribution in [2.45, 2.75) is 25.7 Å². The Kier molecular flexibility index (Phi) is 5.70.